The van der Waals surface area contributed by atoms with E-state index in [0.717, 1.165) is 121 Å². The van der Waals surface area contributed by atoms with Crippen molar-refractivity contribution < 1.29 is 88.5 Å². The molecule has 0 aromatic heterocycles. The molecule has 744 valence electrons. The van der Waals surface area contributed by atoms with Gasteiger partial charge in [0.1, 0.15) is 36.3 Å². The first-order valence-corrected chi connectivity index (χ1v) is 46.9. The summed E-state index contributed by atoms with van der Waals surface area (Å²) >= 11 is 0. The Kier molecular flexibility index (Phi) is 51.8. The van der Waals surface area contributed by atoms with Crippen LogP contribution in [0.25, 0.3) is 0 Å². The van der Waals surface area contributed by atoms with Crippen LogP contribution in [-0.2, 0) is 70.4 Å². The number of allylic oxidation sites excluding steroid dienone is 2. The molecule has 3 fully saturated rings. The fraction of sp³-hybridized carbons (Fsp3) is 0.464. The predicted molar refractivity (Wildman–Crippen MR) is 549 cm³/mol. The Morgan fingerprint density at radius 1 is 0.406 bits per heavy atom. The number of nitrogens with zero attached hydrogens (tertiary/aromatic N) is 1. The molecule has 10 amide bonds. The van der Waals surface area contributed by atoms with Crippen LogP contribution in [0.3, 0.4) is 0 Å². The highest BCUT2D eigenvalue weighted by Crippen LogP contribution is 2.34. The molecule has 3 saturated carbocycles. The second-order valence-electron chi connectivity index (χ2n) is 34.2. The van der Waals surface area contributed by atoms with E-state index in [4.69, 9.17) is 44.2 Å². The van der Waals surface area contributed by atoms with Gasteiger partial charge in [-0.2, -0.15) is 0 Å². The van der Waals surface area contributed by atoms with Crippen molar-refractivity contribution in [3.63, 3.8) is 0 Å². The van der Waals surface area contributed by atoms with Crippen molar-refractivity contribution in [1.29, 1.82) is 0 Å². The first-order valence-electron chi connectivity index (χ1n) is 51.9. The molecule has 0 spiro atoms. The molecular weight excluding hydrogens is 1740 g/mol. The number of carbonyl (C=O) groups excluding carboxylic acids is 14. The Morgan fingerprint density at radius 2 is 0.768 bits per heavy atom. The average Bonchev–Trinajstić information content (AvgIpc) is 0.860. The number of aliphatic hydroxyl groups is 1. The van der Waals surface area contributed by atoms with Gasteiger partial charge in [-0.25, -0.2) is 0 Å². The highest BCUT2D eigenvalue weighted by Gasteiger charge is 2.36. The normalized spacial score (nSPS) is 21.1. The molecule has 0 saturated heterocycles. The molecule has 17 N–H and O–H groups in total. The van der Waals surface area contributed by atoms with E-state index < -0.39 is 125 Å². The Hall–Kier alpha value is -14.6. The van der Waals surface area contributed by atoms with E-state index in [0.29, 0.717) is 84.7 Å². The van der Waals surface area contributed by atoms with E-state index in [-0.39, 0.29) is 123 Å². The van der Waals surface area contributed by atoms with Gasteiger partial charge in [0.15, 0.2) is 29.1 Å². The van der Waals surface area contributed by atoms with Crippen LogP contribution in [0.4, 0.5) is 0 Å². The van der Waals surface area contributed by atoms with Crippen molar-refractivity contribution >= 4 is 88.2 Å². The SMILES string of the molecule is C.C.C#CC#CC#CC#CC#CC.CC#CC#CC#CC.NC(=O)C1CCCCNC(=O)C(Cc2ccc(C(=O)c3ccccc3)cc2)NC(=O)[C@H](CC2CCCCC2)NC(=O)C[C@@H](O)[C@H](CC2CCCCC2)CC(=O)C=CC(=O)N1.NC(=O)C1CCCCNC(=O)C(Cc2ccc(C(=O)c3ccccc3)cc2)NC(=O)[C@H](CC2CCCCC2)NC(=O)[C@H](CCCN=C(N)N)CC(=O)C=CC(=O)N1.[2HH].[2H][2H].[2H][2H].[2H][2H].[2H][2H].[2H][2H]. The predicted octanol–water partition coefficient (Wildman–Crippen LogP) is 10.8. The first kappa shape index (κ1) is 107. The molecule has 138 heavy (non-hydrogen) atoms. The molecule has 28 nitrogen and oxygen atoms in total. The third-order valence-corrected chi connectivity index (χ3v) is 23.7. The van der Waals surface area contributed by atoms with Crippen molar-refractivity contribution in [3.05, 3.63) is 167 Å². The van der Waals surface area contributed by atoms with Gasteiger partial charge in [0.05, 0.1) is 12.5 Å². The van der Waals surface area contributed by atoms with Crippen molar-refractivity contribution in [2.45, 2.75) is 277 Å². The Morgan fingerprint density at radius 3 is 1.16 bits per heavy atom. The van der Waals surface area contributed by atoms with E-state index in [1.807, 2.05) is 12.1 Å². The monoisotopic (exact) mass is 1900 g/mol. The molecule has 0 radical (unpaired) electrons. The van der Waals surface area contributed by atoms with E-state index in [9.17, 15) is 72.2 Å². The summed E-state index contributed by atoms with van der Waals surface area (Å²) in [6.45, 7) is 5.80. The number of terminal acetylenes is 1. The minimum atomic E-state index is -1.19. The van der Waals surface area contributed by atoms with E-state index in [1.54, 1.807) is 118 Å². The zero-order chi connectivity index (χ0) is 109. The first-order chi connectivity index (χ1) is 70.7. The molecule has 9 atom stereocenters. The maximum atomic E-state index is 14.3. The fourth-order valence-electron chi connectivity index (χ4n) is 16.5. The highest BCUT2D eigenvalue weighted by atomic mass is 16.3. The highest BCUT2D eigenvalue weighted by molar-refractivity contribution is 6.10. The van der Waals surface area contributed by atoms with Crippen LogP contribution >= 0.6 is 0 Å². The van der Waals surface area contributed by atoms with Crippen LogP contribution < -0.4 is 65.5 Å². The largest absolute Gasteiger partial charge is 0.392 e. The molecule has 2 aliphatic heterocycles. The second-order valence-corrected chi connectivity index (χ2v) is 34.2. The molecule has 4 unspecified atom stereocenters. The standard InChI is InChI=1S/C47H63N5O8.C42H56N8O7.C11H4.C8H6.2CH4.6H2/c48-45(58)38-18-10-11-25-49-46(59)39(28-33-19-21-35(22-20-33)44(57)34-16-8-3-9-17-34)52-47(60)40(27-32-14-6-2-7-15-32)51-43(56)30-41(54)36(26-31-12-4-1-5-13-31)29-37(53)23-24-42(55)50-38;43-38(54)33-15-7-8-22-46-40(56)34(25-28-16-18-30(19-17-28)37(53)29-12-5-2-6-13-29)50-41(57)35(24-27-10-3-1-4-11-27)49-39(55)31(14-9-23-47-42(44)45)26-32(51)20-21-36(52)48-33;1-3-5-7-9-11-10-8-6-4-2;1-3-5-7-8-6-4-2;;;;;;;;/h3,8-9,16-17,19-24,31-32,36,38-41,54H,1-2,4-7,10-15,18,25-30H2,(H2,48,58)(H,49,59)(H,50,55)(H,51,56)(H,52,60);2,5-6,12-13,16-21,27,31,33-35H,1,3-4,7-11,14-15,22-26H2,(H2,43,54)(H,46,56)(H,48,52)(H,49,55)(H,50,57)(H4,44,45,47);1H,2H3;1-2H3;2*1H4;6*1H/t36-,38?,39?,40+,41-;31-,33?,34?,35+;;;;;;;;;;/m11........../s1/i;;;;;;5*1+1D;1+1. The number of guanidine groups is 1. The van der Waals surface area contributed by atoms with Crippen LogP contribution in [0.15, 0.2) is 138 Å². The molecule has 3 aliphatic carbocycles. The molecule has 4 aromatic rings. The van der Waals surface area contributed by atoms with Gasteiger partial charge < -0.3 is 70.6 Å². The number of nitrogens with one attached hydrogen (secondary N) is 8. The zero-order valence-corrected chi connectivity index (χ0v) is 78.2. The number of ketones is 4. The quantitative estimate of drug-likeness (QED) is 0.0128. The summed E-state index contributed by atoms with van der Waals surface area (Å²) in [4.78, 5) is 190. The topological polar surface area (TPSA) is 472 Å². The summed E-state index contributed by atoms with van der Waals surface area (Å²) in [7, 11) is 0. The average molecular weight is 1900 g/mol. The van der Waals surface area contributed by atoms with Crippen LogP contribution in [0.2, 0.25) is 0 Å². The minimum Gasteiger partial charge on any atom is -0.392 e. The summed E-state index contributed by atoms with van der Waals surface area (Å²) in [5.74, 6) is 29.4. The summed E-state index contributed by atoms with van der Waals surface area (Å²) in [6, 6.07) is 25.4. The second kappa shape index (κ2) is 66.8. The van der Waals surface area contributed by atoms with Crippen LogP contribution in [0, 0.1) is 125 Å². The molecule has 5 aliphatic rings. The lowest BCUT2D eigenvalue weighted by molar-refractivity contribution is -0.134. The number of benzene rings is 4. The Balaban J connectivity index is -0.00000223. The molecule has 28 heteroatoms. The lowest BCUT2D eigenvalue weighted by atomic mass is 9.79. The maximum Gasteiger partial charge on any atom is 0.244 e. The van der Waals surface area contributed by atoms with E-state index >= 15 is 0 Å². The van der Waals surface area contributed by atoms with Crippen molar-refractivity contribution in [1.82, 2.24) is 42.5 Å². The smallest absolute Gasteiger partial charge is 0.244 e. The van der Waals surface area contributed by atoms with Crippen molar-refractivity contribution in [2.24, 2.45) is 57.5 Å². The molecule has 2 heterocycles. The lowest BCUT2D eigenvalue weighted by Crippen LogP contribution is -2.55. The summed E-state index contributed by atoms with van der Waals surface area (Å²) in [6.07, 6.45) is 26.3. The fourth-order valence-corrected chi connectivity index (χ4v) is 16.5. The van der Waals surface area contributed by atoms with Crippen molar-refractivity contribution in [3.8, 4) is 95.2 Å². The third kappa shape index (κ3) is 46.1. The molecule has 9 rings (SSSR count). The van der Waals surface area contributed by atoms with Crippen LogP contribution in [0.5, 0.6) is 0 Å². The number of carbonyl (C=O) groups is 14. The van der Waals surface area contributed by atoms with E-state index in [1.165, 1.54) is 0 Å². The molecular formula is C110H149N13O15. The van der Waals surface area contributed by atoms with Gasteiger partial charge in [0, 0.05) is 102 Å². The zero-order valence-electron chi connectivity index (χ0n) is 88.2. The van der Waals surface area contributed by atoms with Gasteiger partial charge in [0.2, 0.25) is 59.1 Å². The number of rotatable bonds is 20. The lowest BCUT2D eigenvalue weighted by Gasteiger charge is -2.30. The summed E-state index contributed by atoms with van der Waals surface area (Å²) < 4.78 is 50.0. The summed E-state index contributed by atoms with van der Waals surface area (Å²) in [5, 5.41) is 34.0. The van der Waals surface area contributed by atoms with E-state index in [2.05, 4.69) is 136 Å². The molecule has 4 aromatic carbocycles. The maximum absolute atomic E-state index is 14.3. The Bertz CT molecular complexity index is 5360. The minimum absolute atomic E-state index is 0. The number of hydrogen-bond acceptors (Lipinski definition) is 16. The Labute approximate surface area is 831 Å². The van der Waals surface area contributed by atoms with Crippen LogP contribution in [-0.4, -0.2) is 155 Å². The summed E-state index contributed by atoms with van der Waals surface area (Å²) in [5.41, 5.74) is 25.5. The third-order valence-electron chi connectivity index (χ3n) is 23.7. The number of aliphatic imine (C=N–C) groups is 1. The van der Waals surface area contributed by atoms with Gasteiger partial charge >= 0.3 is 0 Å². The number of amides is 10. The number of nitrogens with two attached hydrogens (primary N) is 4. The van der Waals surface area contributed by atoms with Gasteiger partial charge in [0.25, 0.3) is 0 Å². The van der Waals surface area contributed by atoms with Crippen molar-refractivity contribution in [2.75, 3.05) is 19.6 Å². The number of primary amides is 2. The van der Waals surface area contributed by atoms with Gasteiger partial charge in [-0.1, -0.05) is 238 Å². The van der Waals surface area contributed by atoms with Crippen LogP contribution in [0.1, 0.15) is 281 Å². The molecule has 0 bridgehead atoms. The van der Waals surface area contributed by atoms with Gasteiger partial charge in [-0.05, 0) is 209 Å². The van der Waals surface area contributed by atoms with Gasteiger partial charge in [-0.3, -0.25) is 72.1 Å². The number of aliphatic hydroxyl groups excluding tert-OH is 1. The van der Waals surface area contributed by atoms with Gasteiger partial charge in [-0.15, -0.1) is 6.42 Å². The number of hydrogen-bond donors (Lipinski definition) is 13.